The van der Waals surface area contributed by atoms with E-state index in [1.807, 2.05) is 0 Å². The van der Waals surface area contributed by atoms with E-state index in [9.17, 15) is 9.18 Å². The number of benzene rings is 2. The van der Waals surface area contributed by atoms with Crippen LogP contribution in [0.2, 0.25) is 10.0 Å². The van der Waals surface area contributed by atoms with Gasteiger partial charge in [0.1, 0.15) is 11.6 Å². The Morgan fingerprint density at radius 2 is 1.80 bits per heavy atom. The number of rotatable bonds is 4. The molecule has 0 bridgehead atoms. The lowest BCUT2D eigenvalue weighted by Gasteiger charge is -2.15. The molecule has 0 fully saturated rings. The maximum Gasteiger partial charge on any atom is 0.202 e. The highest BCUT2D eigenvalue weighted by atomic mass is 35.5. The van der Waals surface area contributed by atoms with E-state index in [4.69, 9.17) is 27.9 Å². The van der Waals surface area contributed by atoms with Gasteiger partial charge in [0.05, 0.1) is 5.02 Å². The van der Waals surface area contributed by atoms with E-state index in [0.717, 1.165) is 0 Å². The lowest BCUT2D eigenvalue weighted by atomic mass is 10.1. The van der Waals surface area contributed by atoms with E-state index >= 15 is 0 Å². The minimum atomic E-state index is -0.737. The van der Waals surface area contributed by atoms with Crippen LogP contribution in [0.3, 0.4) is 0 Å². The Hall–Kier alpha value is -1.58. The fourth-order valence-corrected chi connectivity index (χ4v) is 2.12. The largest absolute Gasteiger partial charge is 0.481 e. The van der Waals surface area contributed by atoms with Gasteiger partial charge >= 0.3 is 0 Å². The van der Waals surface area contributed by atoms with Gasteiger partial charge in [-0.05, 0) is 49.4 Å². The summed E-state index contributed by atoms with van der Waals surface area (Å²) in [4.78, 5) is 12.1. The van der Waals surface area contributed by atoms with Gasteiger partial charge in [0.15, 0.2) is 6.10 Å². The molecular weight excluding hydrogens is 302 g/mol. The molecule has 0 spiro atoms. The van der Waals surface area contributed by atoms with Gasteiger partial charge in [-0.25, -0.2) is 4.39 Å². The molecule has 0 aliphatic carbocycles. The summed E-state index contributed by atoms with van der Waals surface area (Å²) < 4.78 is 18.3. The van der Waals surface area contributed by atoms with Crippen molar-refractivity contribution in [3.8, 4) is 5.75 Å². The molecule has 1 atom stereocenters. The van der Waals surface area contributed by atoms with Gasteiger partial charge in [-0.1, -0.05) is 23.2 Å². The van der Waals surface area contributed by atoms with Crippen molar-refractivity contribution in [1.82, 2.24) is 0 Å². The standard InChI is InChI=1S/C15H11Cl2FO2/c1-9(15(19)10-2-5-12(18)6-3-10)20-14-7-4-11(16)8-13(14)17/h2-9H,1H3. The third-order valence-electron chi connectivity index (χ3n) is 2.70. The SMILES string of the molecule is CC(Oc1ccc(Cl)cc1Cl)C(=O)c1ccc(F)cc1. The first-order valence-corrected chi connectivity index (χ1v) is 6.64. The summed E-state index contributed by atoms with van der Waals surface area (Å²) in [6, 6.07) is 10.1. The van der Waals surface area contributed by atoms with Gasteiger partial charge in [-0.3, -0.25) is 4.79 Å². The lowest BCUT2D eigenvalue weighted by Crippen LogP contribution is -2.24. The van der Waals surface area contributed by atoms with E-state index in [-0.39, 0.29) is 5.78 Å². The van der Waals surface area contributed by atoms with Crippen LogP contribution in [0.1, 0.15) is 17.3 Å². The summed E-state index contributed by atoms with van der Waals surface area (Å²) in [6.07, 6.45) is -0.737. The zero-order chi connectivity index (χ0) is 14.7. The van der Waals surface area contributed by atoms with Crippen LogP contribution in [0, 0.1) is 5.82 Å². The second kappa shape index (κ2) is 6.25. The van der Waals surface area contributed by atoms with Crippen LogP contribution in [-0.2, 0) is 0 Å². The van der Waals surface area contributed by atoms with Crippen LogP contribution in [0.5, 0.6) is 5.75 Å². The molecule has 2 aromatic carbocycles. The predicted molar refractivity (Wildman–Crippen MR) is 77.3 cm³/mol. The first-order valence-electron chi connectivity index (χ1n) is 5.89. The Labute approximate surface area is 126 Å². The molecule has 0 aromatic heterocycles. The summed E-state index contributed by atoms with van der Waals surface area (Å²) in [5.41, 5.74) is 0.379. The normalized spacial score (nSPS) is 12.0. The number of halogens is 3. The quantitative estimate of drug-likeness (QED) is 0.759. The topological polar surface area (TPSA) is 26.3 Å². The molecule has 0 radical (unpaired) electrons. The number of Topliss-reactive ketones (excluding diaryl/α,β-unsaturated/α-hetero) is 1. The second-order valence-electron chi connectivity index (χ2n) is 4.21. The molecule has 20 heavy (non-hydrogen) atoms. The van der Waals surface area contributed by atoms with Crippen molar-refractivity contribution in [2.45, 2.75) is 13.0 Å². The predicted octanol–water partition coefficient (Wildman–Crippen LogP) is 4.78. The molecule has 0 saturated heterocycles. The Morgan fingerprint density at radius 1 is 1.15 bits per heavy atom. The van der Waals surface area contributed by atoms with Crippen molar-refractivity contribution < 1.29 is 13.9 Å². The van der Waals surface area contributed by atoms with Gasteiger partial charge < -0.3 is 4.74 Å². The Kier molecular flexibility index (Phi) is 4.63. The van der Waals surface area contributed by atoms with Crippen molar-refractivity contribution >= 4 is 29.0 Å². The van der Waals surface area contributed by atoms with Crippen LogP contribution in [-0.4, -0.2) is 11.9 Å². The molecule has 0 aliphatic rings. The van der Waals surface area contributed by atoms with Crippen LogP contribution < -0.4 is 4.74 Å². The summed E-state index contributed by atoms with van der Waals surface area (Å²) in [6.45, 7) is 1.61. The van der Waals surface area contributed by atoms with Crippen molar-refractivity contribution in [3.05, 3.63) is 63.9 Å². The maximum atomic E-state index is 12.8. The average Bonchev–Trinajstić information content (AvgIpc) is 2.42. The molecule has 2 nitrogen and oxygen atoms in total. The van der Waals surface area contributed by atoms with Crippen LogP contribution in [0.25, 0.3) is 0 Å². The second-order valence-corrected chi connectivity index (χ2v) is 5.05. The highest BCUT2D eigenvalue weighted by Gasteiger charge is 2.18. The molecule has 104 valence electrons. The van der Waals surface area contributed by atoms with E-state index in [1.54, 1.807) is 19.1 Å². The molecule has 0 amide bonds. The number of ketones is 1. The van der Waals surface area contributed by atoms with Crippen molar-refractivity contribution in [2.75, 3.05) is 0 Å². The molecule has 0 aliphatic heterocycles. The maximum absolute atomic E-state index is 12.8. The number of carbonyl (C=O) groups is 1. The van der Waals surface area contributed by atoms with Crippen LogP contribution in [0.15, 0.2) is 42.5 Å². The van der Waals surface area contributed by atoms with E-state index in [0.29, 0.717) is 21.4 Å². The summed E-state index contributed by atoms with van der Waals surface area (Å²) in [5.74, 6) is -0.272. The molecule has 0 N–H and O–H groups in total. The van der Waals surface area contributed by atoms with Gasteiger partial charge in [-0.2, -0.15) is 0 Å². The summed E-state index contributed by atoms with van der Waals surface area (Å²) >= 11 is 11.8. The molecule has 0 saturated carbocycles. The minimum absolute atomic E-state index is 0.254. The van der Waals surface area contributed by atoms with Crippen molar-refractivity contribution in [3.63, 3.8) is 0 Å². The molecule has 0 heterocycles. The van der Waals surface area contributed by atoms with Crippen LogP contribution in [0.4, 0.5) is 4.39 Å². The Morgan fingerprint density at radius 3 is 2.40 bits per heavy atom. The fourth-order valence-electron chi connectivity index (χ4n) is 1.66. The lowest BCUT2D eigenvalue weighted by molar-refractivity contribution is 0.0818. The van der Waals surface area contributed by atoms with Gasteiger partial charge in [0, 0.05) is 10.6 Å². The number of hydrogen-bond donors (Lipinski definition) is 0. The smallest absolute Gasteiger partial charge is 0.202 e. The van der Waals surface area contributed by atoms with E-state index in [2.05, 4.69) is 0 Å². The van der Waals surface area contributed by atoms with Gasteiger partial charge in [-0.15, -0.1) is 0 Å². The first kappa shape index (κ1) is 14.8. The average molecular weight is 313 g/mol. The number of ether oxygens (including phenoxy) is 1. The molecular formula is C15H11Cl2FO2. The molecule has 5 heteroatoms. The van der Waals surface area contributed by atoms with Gasteiger partial charge in [0.2, 0.25) is 5.78 Å². The number of hydrogen-bond acceptors (Lipinski definition) is 2. The third kappa shape index (κ3) is 3.50. The monoisotopic (exact) mass is 312 g/mol. The van der Waals surface area contributed by atoms with Gasteiger partial charge in [0.25, 0.3) is 0 Å². The van der Waals surface area contributed by atoms with Crippen molar-refractivity contribution in [1.29, 1.82) is 0 Å². The Balaban J connectivity index is 2.13. The number of carbonyl (C=O) groups excluding carboxylic acids is 1. The molecule has 2 aromatic rings. The minimum Gasteiger partial charge on any atom is -0.481 e. The summed E-state index contributed by atoms with van der Waals surface area (Å²) in [5, 5.41) is 0.816. The van der Waals surface area contributed by atoms with E-state index < -0.39 is 11.9 Å². The Bertz CT molecular complexity index is 626. The zero-order valence-electron chi connectivity index (χ0n) is 10.6. The summed E-state index contributed by atoms with van der Waals surface area (Å²) in [7, 11) is 0. The third-order valence-corrected chi connectivity index (χ3v) is 3.23. The highest BCUT2D eigenvalue weighted by molar-refractivity contribution is 6.35. The highest BCUT2D eigenvalue weighted by Crippen LogP contribution is 2.28. The molecule has 2 rings (SSSR count). The first-order chi connectivity index (χ1) is 9.47. The van der Waals surface area contributed by atoms with Crippen LogP contribution >= 0.6 is 23.2 Å². The zero-order valence-corrected chi connectivity index (χ0v) is 12.1. The fraction of sp³-hybridized carbons (Fsp3) is 0.133. The van der Waals surface area contributed by atoms with E-state index in [1.165, 1.54) is 30.3 Å². The molecule has 1 unspecified atom stereocenters. The van der Waals surface area contributed by atoms with Crippen molar-refractivity contribution in [2.24, 2.45) is 0 Å².